The molecule has 0 aromatic heterocycles. The lowest BCUT2D eigenvalue weighted by Crippen LogP contribution is -2.52. The minimum Gasteiger partial charge on any atom is -0.466 e. The van der Waals surface area contributed by atoms with Gasteiger partial charge in [-0.15, -0.1) is 0 Å². The van der Waals surface area contributed by atoms with Gasteiger partial charge in [-0.1, -0.05) is 79.7 Å². The highest BCUT2D eigenvalue weighted by Crippen LogP contribution is 2.45. The number of hydrogen-bond donors (Lipinski definition) is 2. The van der Waals surface area contributed by atoms with Crippen molar-refractivity contribution in [2.24, 2.45) is 23.7 Å². The maximum absolute atomic E-state index is 14.0. The Labute approximate surface area is 212 Å². The zero-order valence-corrected chi connectivity index (χ0v) is 20.7. The molecule has 1 saturated heterocycles. The molecular formula is C29H34N2O5. The van der Waals surface area contributed by atoms with E-state index in [1.54, 1.807) is 6.92 Å². The van der Waals surface area contributed by atoms with Gasteiger partial charge in [0.05, 0.1) is 31.1 Å². The smallest absolute Gasteiger partial charge is 0.310 e. The third kappa shape index (κ3) is 5.21. The molecule has 0 unspecified atom stereocenters. The van der Waals surface area contributed by atoms with Crippen LogP contribution in [0.2, 0.25) is 0 Å². The number of nitrogens with one attached hydrogen (secondary N) is 1. The second kappa shape index (κ2) is 11.5. The van der Waals surface area contributed by atoms with E-state index in [-0.39, 0.29) is 30.9 Å². The third-order valence-corrected chi connectivity index (χ3v) is 7.26. The van der Waals surface area contributed by atoms with Gasteiger partial charge in [-0.25, -0.2) is 0 Å². The fourth-order valence-corrected chi connectivity index (χ4v) is 5.56. The number of allylic oxidation sites excluding steroid dienone is 1. The quantitative estimate of drug-likeness (QED) is 0.416. The number of benzene rings is 2. The Morgan fingerprint density at radius 1 is 1.03 bits per heavy atom. The average molecular weight is 491 g/mol. The fourth-order valence-electron chi connectivity index (χ4n) is 5.56. The van der Waals surface area contributed by atoms with Gasteiger partial charge in [-0.05, 0) is 30.4 Å². The van der Waals surface area contributed by atoms with Gasteiger partial charge in [0, 0.05) is 12.5 Å². The molecule has 7 heteroatoms. The van der Waals surface area contributed by atoms with E-state index in [0.717, 1.165) is 11.1 Å². The molecule has 0 spiro atoms. The number of rotatable bonds is 9. The Kier molecular flexibility index (Phi) is 8.21. The Morgan fingerprint density at radius 2 is 1.67 bits per heavy atom. The Bertz CT molecular complexity index is 1090. The first-order chi connectivity index (χ1) is 17.5. The maximum atomic E-state index is 14.0. The van der Waals surface area contributed by atoms with E-state index in [0.29, 0.717) is 13.0 Å². The highest BCUT2D eigenvalue weighted by Gasteiger charge is 2.58. The molecule has 4 rings (SSSR count). The summed E-state index contributed by atoms with van der Waals surface area (Å²) < 4.78 is 5.33. The lowest BCUT2D eigenvalue weighted by molar-refractivity contribution is -0.155. The van der Waals surface area contributed by atoms with Crippen molar-refractivity contribution in [2.75, 3.05) is 13.2 Å². The van der Waals surface area contributed by atoms with Crippen LogP contribution in [0.3, 0.4) is 0 Å². The average Bonchev–Trinajstić information content (AvgIpc) is 3.19. The predicted octanol–water partition coefficient (Wildman–Crippen LogP) is 2.73. The Morgan fingerprint density at radius 3 is 2.28 bits per heavy atom. The zero-order chi connectivity index (χ0) is 25.7. The van der Waals surface area contributed by atoms with E-state index < -0.39 is 35.8 Å². The Balaban J connectivity index is 1.68. The van der Waals surface area contributed by atoms with Crippen molar-refractivity contribution in [3.63, 3.8) is 0 Å². The first-order valence-electron chi connectivity index (χ1n) is 12.6. The van der Waals surface area contributed by atoms with Gasteiger partial charge < -0.3 is 20.1 Å². The number of hydrogen-bond acceptors (Lipinski definition) is 5. The largest absolute Gasteiger partial charge is 0.466 e. The molecule has 36 heavy (non-hydrogen) atoms. The minimum absolute atomic E-state index is 0.205. The molecule has 0 radical (unpaired) electrons. The van der Waals surface area contributed by atoms with Gasteiger partial charge in [0.2, 0.25) is 11.8 Å². The molecule has 1 aliphatic heterocycles. The summed E-state index contributed by atoms with van der Waals surface area (Å²) in [6.07, 6.45) is 4.20. The number of carbonyl (C=O) groups excluding carboxylic acids is 3. The summed E-state index contributed by atoms with van der Waals surface area (Å²) in [4.78, 5) is 42.1. The lowest BCUT2D eigenvalue weighted by Gasteiger charge is -2.33. The van der Waals surface area contributed by atoms with Gasteiger partial charge in [0.15, 0.2) is 0 Å². The van der Waals surface area contributed by atoms with E-state index in [1.807, 2.05) is 79.7 Å². The summed E-state index contributed by atoms with van der Waals surface area (Å²) in [5, 5.41) is 13.4. The van der Waals surface area contributed by atoms with Gasteiger partial charge in [-0.2, -0.15) is 0 Å². The van der Waals surface area contributed by atoms with Gasteiger partial charge >= 0.3 is 5.97 Å². The van der Waals surface area contributed by atoms with Crippen LogP contribution in [0.15, 0.2) is 72.8 Å². The number of aliphatic hydroxyl groups is 1. The number of nitrogens with zero attached hydrogens (tertiary/aromatic N) is 1. The van der Waals surface area contributed by atoms with Crippen molar-refractivity contribution in [1.82, 2.24) is 10.2 Å². The van der Waals surface area contributed by atoms with Crippen molar-refractivity contribution < 1.29 is 24.2 Å². The number of fused-ring (bicyclic) bond motifs is 1. The molecule has 1 fully saturated rings. The number of likely N-dealkylation sites (tertiary alicyclic amines) is 1. The SMILES string of the molecule is CCOC(=O)[C@H]1[C@H]2C(=O)N([C@@H](CO)Cc3ccccc3)[C@H](C(=O)NCc3ccccc3)[C@H]2C=C[C@H]1C. The molecule has 190 valence electrons. The standard InChI is InChI=1S/C29H34N2O5/c1-3-36-29(35)24-19(2)14-15-23-25(24)28(34)31(22(18-32)16-20-10-6-4-7-11-20)26(23)27(33)30-17-21-12-8-5-9-13-21/h4-15,19,22-26,32H,3,16-18H2,1-2H3,(H,30,33)/t19-,22-,23+,24-,25+,26+/m1/s1. The maximum Gasteiger partial charge on any atom is 0.310 e. The van der Waals surface area contributed by atoms with Crippen molar-refractivity contribution in [1.29, 1.82) is 0 Å². The first-order valence-corrected chi connectivity index (χ1v) is 12.6. The van der Waals surface area contributed by atoms with E-state index in [9.17, 15) is 19.5 Å². The highest BCUT2D eigenvalue weighted by molar-refractivity contribution is 5.96. The van der Waals surface area contributed by atoms with Crippen LogP contribution in [0.25, 0.3) is 0 Å². The van der Waals surface area contributed by atoms with Crippen molar-refractivity contribution in [3.05, 3.63) is 83.9 Å². The van der Waals surface area contributed by atoms with Gasteiger partial charge in [0.25, 0.3) is 0 Å². The molecule has 6 atom stereocenters. The summed E-state index contributed by atoms with van der Waals surface area (Å²) in [7, 11) is 0. The third-order valence-electron chi connectivity index (χ3n) is 7.26. The molecule has 2 aliphatic rings. The number of esters is 1. The second-order valence-electron chi connectivity index (χ2n) is 9.54. The van der Waals surface area contributed by atoms with Gasteiger partial charge in [-0.3, -0.25) is 14.4 Å². The normalized spacial score (nSPS) is 25.8. The monoisotopic (exact) mass is 490 g/mol. The van der Waals surface area contributed by atoms with E-state index in [2.05, 4.69) is 5.32 Å². The molecule has 2 amide bonds. The molecule has 7 nitrogen and oxygen atoms in total. The van der Waals surface area contributed by atoms with E-state index in [1.165, 1.54) is 4.90 Å². The summed E-state index contributed by atoms with van der Waals surface area (Å²) >= 11 is 0. The van der Waals surface area contributed by atoms with Crippen LogP contribution >= 0.6 is 0 Å². The topological polar surface area (TPSA) is 95.9 Å². The molecule has 0 saturated carbocycles. The molecule has 1 heterocycles. The van der Waals surface area contributed by atoms with Crippen LogP contribution in [0.1, 0.15) is 25.0 Å². The summed E-state index contributed by atoms with van der Waals surface area (Å²) in [5.41, 5.74) is 1.90. The molecule has 2 aromatic rings. The Hall–Kier alpha value is -3.45. The van der Waals surface area contributed by atoms with Crippen LogP contribution in [-0.4, -0.2) is 53.1 Å². The number of carbonyl (C=O) groups is 3. The first kappa shape index (κ1) is 25.6. The van der Waals surface area contributed by atoms with Crippen LogP contribution in [-0.2, 0) is 32.1 Å². The van der Waals surface area contributed by atoms with Crippen molar-refractivity contribution in [3.8, 4) is 0 Å². The van der Waals surface area contributed by atoms with E-state index >= 15 is 0 Å². The van der Waals surface area contributed by atoms with Crippen LogP contribution in [0, 0.1) is 23.7 Å². The van der Waals surface area contributed by atoms with Crippen LogP contribution < -0.4 is 5.32 Å². The molecule has 1 aliphatic carbocycles. The van der Waals surface area contributed by atoms with Crippen LogP contribution in [0.5, 0.6) is 0 Å². The van der Waals surface area contributed by atoms with Crippen molar-refractivity contribution >= 4 is 17.8 Å². The summed E-state index contributed by atoms with van der Waals surface area (Å²) in [6, 6.07) is 17.7. The number of amides is 2. The minimum atomic E-state index is -0.840. The molecule has 2 aromatic carbocycles. The molecular weight excluding hydrogens is 456 g/mol. The number of aliphatic hydroxyl groups excluding tert-OH is 1. The summed E-state index contributed by atoms with van der Waals surface area (Å²) in [6.45, 7) is 3.87. The van der Waals surface area contributed by atoms with Crippen LogP contribution in [0.4, 0.5) is 0 Å². The molecule has 0 bridgehead atoms. The fraction of sp³-hybridized carbons (Fsp3) is 0.414. The second-order valence-corrected chi connectivity index (χ2v) is 9.54. The van der Waals surface area contributed by atoms with Crippen molar-refractivity contribution in [2.45, 2.75) is 38.9 Å². The molecule has 2 N–H and O–H groups in total. The zero-order valence-electron chi connectivity index (χ0n) is 20.7. The highest BCUT2D eigenvalue weighted by atomic mass is 16.5. The predicted molar refractivity (Wildman–Crippen MR) is 135 cm³/mol. The van der Waals surface area contributed by atoms with E-state index in [4.69, 9.17) is 4.74 Å². The summed E-state index contributed by atoms with van der Waals surface area (Å²) in [5.74, 6) is -3.12. The lowest BCUT2D eigenvalue weighted by atomic mass is 9.70. The number of ether oxygens (including phenoxy) is 1. The van der Waals surface area contributed by atoms with Gasteiger partial charge in [0.1, 0.15) is 6.04 Å².